The van der Waals surface area contributed by atoms with Crippen LogP contribution in [0.25, 0.3) is 0 Å². The third kappa shape index (κ3) is 4.89. The average Bonchev–Trinajstić information content (AvgIpc) is 2.58. The first-order chi connectivity index (χ1) is 12.3. The highest BCUT2D eigenvalue weighted by atomic mass is 35.5. The molecule has 2 amide bonds. The van der Waals surface area contributed by atoms with Gasteiger partial charge in [-0.1, -0.05) is 17.7 Å². The van der Waals surface area contributed by atoms with Crippen LogP contribution >= 0.6 is 11.6 Å². The number of ether oxygens (including phenoxy) is 2. The van der Waals surface area contributed by atoms with Gasteiger partial charge >= 0.3 is 0 Å². The number of benzene rings is 2. The second-order valence-electron chi connectivity index (χ2n) is 5.78. The summed E-state index contributed by atoms with van der Waals surface area (Å²) >= 11 is 6.17. The van der Waals surface area contributed by atoms with Gasteiger partial charge in [0.15, 0.2) is 0 Å². The van der Waals surface area contributed by atoms with Crippen LogP contribution in [0.3, 0.4) is 0 Å². The number of methoxy groups -OCH3 is 2. The van der Waals surface area contributed by atoms with E-state index in [1.807, 2.05) is 19.9 Å². The zero-order valence-corrected chi connectivity index (χ0v) is 15.9. The van der Waals surface area contributed by atoms with Crippen LogP contribution in [0.1, 0.15) is 17.5 Å². The van der Waals surface area contributed by atoms with E-state index < -0.39 is 11.8 Å². The van der Waals surface area contributed by atoms with Crippen molar-refractivity contribution in [3.63, 3.8) is 0 Å². The van der Waals surface area contributed by atoms with Crippen molar-refractivity contribution >= 4 is 34.8 Å². The lowest BCUT2D eigenvalue weighted by Crippen LogP contribution is -2.22. The number of anilines is 2. The van der Waals surface area contributed by atoms with Gasteiger partial charge in [0.25, 0.3) is 0 Å². The molecule has 2 N–H and O–H groups in total. The molecular weight excluding hydrogens is 356 g/mol. The number of aryl methyl sites for hydroxylation is 2. The van der Waals surface area contributed by atoms with E-state index in [2.05, 4.69) is 10.6 Å². The molecule has 0 spiro atoms. The van der Waals surface area contributed by atoms with Gasteiger partial charge in [0.05, 0.1) is 30.6 Å². The van der Waals surface area contributed by atoms with E-state index in [9.17, 15) is 9.59 Å². The van der Waals surface area contributed by atoms with Gasteiger partial charge in [-0.2, -0.15) is 0 Å². The predicted octanol–water partition coefficient (Wildman–Crippen LogP) is 3.94. The van der Waals surface area contributed by atoms with E-state index in [1.54, 1.807) is 24.3 Å². The second kappa shape index (κ2) is 8.58. The quantitative estimate of drug-likeness (QED) is 0.748. The Kier molecular flexibility index (Phi) is 6.46. The van der Waals surface area contributed by atoms with Gasteiger partial charge in [0.2, 0.25) is 11.8 Å². The van der Waals surface area contributed by atoms with Crippen LogP contribution in [0.15, 0.2) is 30.3 Å². The van der Waals surface area contributed by atoms with Crippen LogP contribution in [-0.2, 0) is 9.59 Å². The van der Waals surface area contributed by atoms with Crippen molar-refractivity contribution in [2.24, 2.45) is 0 Å². The molecule has 0 unspecified atom stereocenters. The second-order valence-corrected chi connectivity index (χ2v) is 6.19. The Morgan fingerprint density at radius 2 is 1.69 bits per heavy atom. The molecule has 0 saturated heterocycles. The molecule has 0 aromatic heterocycles. The van der Waals surface area contributed by atoms with Gasteiger partial charge in [-0.05, 0) is 43.2 Å². The number of hydrogen-bond donors (Lipinski definition) is 2. The lowest BCUT2D eigenvalue weighted by atomic mass is 10.1. The van der Waals surface area contributed by atoms with Crippen molar-refractivity contribution in [3.05, 3.63) is 46.5 Å². The van der Waals surface area contributed by atoms with Crippen molar-refractivity contribution in [3.8, 4) is 11.5 Å². The van der Waals surface area contributed by atoms with E-state index in [1.165, 1.54) is 14.2 Å². The number of rotatable bonds is 6. The molecular formula is C19H21ClN2O4. The highest BCUT2D eigenvalue weighted by Gasteiger charge is 2.15. The van der Waals surface area contributed by atoms with E-state index >= 15 is 0 Å². The SMILES string of the molecule is COc1ccc(NC(=O)CC(=O)Nc2c(C)cc(C)cc2Cl)c(OC)c1. The highest BCUT2D eigenvalue weighted by molar-refractivity contribution is 6.34. The van der Waals surface area contributed by atoms with Crippen LogP contribution in [-0.4, -0.2) is 26.0 Å². The maximum Gasteiger partial charge on any atom is 0.233 e. The number of halogens is 1. The molecule has 2 aromatic carbocycles. The van der Waals surface area contributed by atoms with Gasteiger partial charge in [-0.25, -0.2) is 0 Å². The van der Waals surface area contributed by atoms with E-state index in [0.717, 1.165) is 11.1 Å². The van der Waals surface area contributed by atoms with Crippen LogP contribution in [0.4, 0.5) is 11.4 Å². The lowest BCUT2D eigenvalue weighted by Gasteiger charge is -2.13. The summed E-state index contributed by atoms with van der Waals surface area (Å²) in [5, 5.41) is 5.78. The zero-order valence-electron chi connectivity index (χ0n) is 15.1. The van der Waals surface area contributed by atoms with Crippen molar-refractivity contribution in [1.29, 1.82) is 0 Å². The van der Waals surface area contributed by atoms with Gasteiger partial charge in [0.1, 0.15) is 17.9 Å². The van der Waals surface area contributed by atoms with Crippen LogP contribution in [0.5, 0.6) is 11.5 Å². The third-order valence-electron chi connectivity index (χ3n) is 3.70. The Morgan fingerprint density at radius 1 is 1.00 bits per heavy atom. The highest BCUT2D eigenvalue weighted by Crippen LogP contribution is 2.29. The standard InChI is InChI=1S/C19H21ClN2O4/c1-11-7-12(2)19(14(20)8-11)22-18(24)10-17(23)21-15-6-5-13(25-3)9-16(15)26-4/h5-9H,10H2,1-4H3,(H,21,23)(H,22,24). The minimum Gasteiger partial charge on any atom is -0.497 e. The molecule has 0 fully saturated rings. The van der Waals surface area contributed by atoms with E-state index in [-0.39, 0.29) is 6.42 Å². The summed E-state index contributed by atoms with van der Waals surface area (Å²) in [7, 11) is 3.02. The molecule has 0 saturated carbocycles. The minimum absolute atomic E-state index is 0.348. The first-order valence-corrected chi connectivity index (χ1v) is 8.30. The van der Waals surface area contributed by atoms with Crippen molar-refractivity contribution in [2.75, 3.05) is 24.9 Å². The monoisotopic (exact) mass is 376 g/mol. The minimum atomic E-state index is -0.466. The molecule has 138 valence electrons. The zero-order chi connectivity index (χ0) is 19.3. The first kappa shape index (κ1) is 19.6. The molecule has 2 rings (SSSR count). The molecule has 2 aromatic rings. The third-order valence-corrected chi connectivity index (χ3v) is 4.00. The Labute approximate surface area is 157 Å². The Bertz CT molecular complexity index is 813. The van der Waals surface area contributed by atoms with Gasteiger partial charge < -0.3 is 20.1 Å². The molecule has 0 atom stereocenters. The number of nitrogens with one attached hydrogen (secondary N) is 2. The Morgan fingerprint density at radius 3 is 2.31 bits per heavy atom. The fourth-order valence-corrected chi connectivity index (χ4v) is 2.87. The number of carbonyl (C=O) groups excluding carboxylic acids is 2. The summed E-state index contributed by atoms with van der Waals surface area (Å²) in [6, 6.07) is 8.64. The molecule has 0 aliphatic carbocycles. The molecule has 0 bridgehead atoms. The summed E-state index contributed by atoms with van der Waals surface area (Å²) in [6.07, 6.45) is -0.348. The number of amides is 2. The largest absolute Gasteiger partial charge is 0.497 e. The lowest BCUT2D eigenvalue weighted by molar-refractivity contribution is -0.123. The maximum absolute atomic E-state index is 12.2. The van der Waals surface area contributed by atoms with E-state index in [0.29, 0.717) is 27.9 Å². The average molecular weight is 377 g/mol. The summed E-state index contributed by atoms with van der Waals surface area (Å²) in [5.41, 5.74) is 2.79. The van der Waals surface area contributed by atoms with Crippen molar-refractivity contribution in [1.82, 2.24) is 0 Å². The Hall–Kier alpha value is -2.73. The summed E-state index contributed by atoms with van der Waals surface area (Å²) in [6.45, 7) is 3.76. The summed E-state index contributed by atoms with van der Waals surface area (Å²) in [5.74, 6) is 0.119. The van der Waals surface area contributed by atoms with Crippen LogP contribution in [0, 0.1) is 13.8 Å². The van der Waals surface area contributed by atoms with E-state index in [4.69, 9.17) is 21.1 Å². The molecule has 0 radical (unpaired) electrons. The summed E-state index contributed by atoms with van der Waals surface area (Å²) < 4.78 is 10.3. The molecule has 0 aliphatic heterocycles. The molecule has 0 aliphatic rings. The number of carbonyl (C=O) groups is 2. The molecule has 26 heavy (non-hydrogen) atoms. The molecule has 6 nitrogen and oxygen atoms in total. The molecule has 7 heteroatoms. The smallest absolute Gasteiger partial charge is 0.233 e. The van der Waals surface area contributed by atoms with Crippen molar-refractivity contribution in [2.45, 2.75) is 20.3 Å². The molecule has 0 heterocycles. The van der Waals surface area contributed by atoms with Gasteiger partial charge in [-0.3, -0.25) is 9.59 Å². The van der Waals surface area contributed by atoms with Gasteiger partial charge in [-0.15, -0.1) is 0 Å². The van der Waals surface area contributed by atoms with Crippen LogP contribution in [0.2, 0.25) is 5.02 Å². The fraction of sp³-hybridized carbons (Fsp3) is 0.263. The van der Waals surface area contributed by atoms with Crippen LogP contribution < -0.4 is 20.1 Å². The topological polar surface area (TPSA) is 76.7 Å². The normalized spacial score (nSPS) is 10.2. The van der Waals surface area contributed by atoms with Gasteiger partial charge in [0, 0.05) is 6.07 Å². The predicted molar refractivity (Wildman–Crippen MR) is 102 cm³/mol. The summed E-state index contributed by atoms with van der Waals surface area (Å²) in [4.78, 5) is 24.3. The van der Waals surface area contributed by atoms with Crippen molar-refractivity contribution < 1.29 is 19.1 Å². The Balaban J connectivity index is 2.03. The number of hydrogen-bond acceptors (Lipinski definition) is 4. The fourth-order valence-electron chi connectivity index (χ4n) is 2.50. The maximum atomic E-state index is 12.2. The first-order valence-electron chi connectivity index (χ1n) is 7.92.